The molecule has 2 aromatic carbocycles. The number of aryl methyl sites for hydroxylation is 1. The minimum Gasteiger partial charge on any atom is -0.449 e. The number of alkyl carbamates (subject to hydrolysis) is 1. The van der Waals surface area contributed by atoms with Crippen molar-refractivity contribution in [3.63, 3.8) is 0 Å². The summed E-state index contributed by atoms with van der Waals surface area (Å²) in [4.78, 5) is 36.7. The minimum absolute atomic E-state index is 0.0147. The van der Waals surface area contributed by atoms with Gasteiger partial charge in [0, 0.05) is 49.3 Å². The Labute approximate surface area is 270 Å². The minimum atomic E-state index is -0.613. The molecule has 0 fully saturated rings. The predicted molar refractivity (Wildman–Crippen MR) is 182 cm³/mol. The third-order valence-electron chi connectivity index (χ3n) is 7.52. The number of pyridine rings is 1. The van der Waals surface area contributed by atoms with Gasteiger partial charge >= 0.3 is 6.09 Å². The first-order valence-corrected chi connectivity index (χ1v) is 16.1. The molecule has 4 rings (SSSR count). The van der Waals surface area contributed by atoms with Gasteiger partial charge in [0.1, 0.15) is 17.5 Å². The average Bonchev–Trinajstić information content (AvgIpc) is 3.44. The van der Waals surface area contributed by atoms with E-state index < -0.39 is 6.09 Å². The van der Waals surface area contributed by atoms with Gasteiger partial charge < -0.3 is 19.4 Å². The number of hydrogen-bond donors (Lipinski definition) is 3. The molecule has 0 atom stereocenters. The normalized spacial score (nSPS) is 10.9. The van der Waals surface area contributed by atoms with Gasteiger partial charge in [-0.05, 0) is 81.3 Å². The number of benzene rings is 2. The highest BCUT2D eigenvalue weighted by atomic mass is 16.5. The molecule has 0 spiro atoms. The van der Waals surface area contributed by atoms with Crippen LogP contribution in [0.4, 0.5) is 16.3 Å². The van der Waals surface area contributed by atoms with Crippen LogP contribution in [-0.2, 0) is 22.6 Å². The fraction of sp³-hybridized carbons (Fsp3) is 0.400. The van der Waals surface area contributed by atoms with E-state index in [4.69, 9.17) is 19.9 Å². The van der Waals surface area contributed by atoms with Gasteiger partial charge in [0.15, 0.2) is 0 Å². The van der Waals surface area contributed by atoms with E-state index in [0.29, 0.717) is 56.3 Å². The first-order valence-electron chi connectivity index (χ1n) is 16.1. The van der Waals surface area contributed by atoms with Crippen LogP contribution in [0.25, 0.3) is 11.0 Å². The van der Waals surface area contributed by atoms with E-state index in [1.54, 1.807) is 23.2 Å². The first-order chi connectivity index (χ1) is 22.4. The number of rotatable bonds is 17. The van der Waals surface area contributed by atoms with Crippen molar-refractivity contribution < 1.29 is 19.1 Å². The maximum atomic E-state index is 13.7. The maximum absolute atomic E-state index is 13.7. The van der Waals surface area contributed by atoms with Crippen molar-refractivity contribution in [2.45, 2.75) is 66.0 Å². The Balaban J connectivity index is 1.40. The number of amidine groups is 1. The number of ether oxygens (including phenoxy) is 2. The lowest BCUT2D eigenvalue weighted by Gasteiger charge is -2.22. The summed E-state index contributed by atoms with van der Waals surface area (Å²) in [5.41, 5.74) is 3.65. The highest BCUT2D eigenvalue weighted by Gasteiger charge is 2.20. The zero-order chi connectivity index (χ0) is 32.7. The number of fused-ring (bicyclic) bond motifs is 1. The van der Waals surface area contributed by atoms with Crippen LogP contribution in [0.15, 0.2) is 66.9 Å². The van der Waals surface area contributed by atoms with Crippen LogP contribution in [0.3, 0.4) is 0 Å². The molecule has 0 radical (unpaired) electrons. The summed E-state index contributed by atoms with van der Waals surface area (Å²) in [6, 6.07) is 18.4. The Kier molecular flexibility index (Phi) is 13.1. The number of amides is 2. The van der Waals surface area contributed by atoms with Crippen LogP contribution in [0.5, 0.6) is 0 Å². The van der Waals surface area contributed by atoms with Gasteiger partial charge in [0.2, 0.25) is 0 Å². The molecule has 11 nitrogen and oxygen atoms in total. The van der Waals surface area contributed by atoms with Crippen molar-refractivity contribution >= 4 is 40.4 Å². The highest BCUT2D eigenvalue weighted by Crippen LogP contribution is 2.22. The third kappa shape index (κ3) is 9.37. The number of carbonyl (C=O) groups is 2. The summed E-state index contributed by atoms with van der Waals surface area (Å²) in [6.07, 6.45) is 5.84. The van der Waals surface area contributed by atoms with Crippen molar-refractivity contribution in [2.75, 3.05) is 36.6 Å². The van der Waals surface area contributed by atoms with Gasteiger partial charge in [-0.25, -0.2) is 14.8 Å². The van der Waals surface area contributed by atoms with Crippen LogP contribution >= 0.6 is 0 Å². The number of nitrogens with zero attached hydrogens (tertiary/aromatic N) is 4. The number of anilines is 2. The lowest BCUT2D eigenvalue weighted by atomic mass is 10.1. The van der Waals surface area contributed by atoms with Crippen LogP contribution in [0.2, 0.25) is 0 Å². The summed E-state index contributed by atoms with van der Waals surface area (Å²) >= 11 is 0. The number of aromatic nitrogens is 3. The Morgan fingerprint density at radius 1 is 0.935 bits per heavy atom. The summed E-state index contributed by atoms with van der Waals surface area (Å²) in [7, 11) is 0. The lowest BCUT2D eigenvalue weighted by Crippen LogP contribution is -2.33. The second-order valence-corrected chi connectivity index (χ2v) is 10.8. The number of nitrogens with one attached hydrogen (secondary N) is 3. The molecular weight excluding hydrogens is 582 g/mol. The molecule has 244 valence electrons. The molecule has 11 heteroatoms. The molecule has 4 aromatic rings. The molecule has 0 aliphatic rings. The van der Waals surface area contributed by atoms with Gasteiger partial charge in [-0.2, -0.15) is 0 Å². The monoisotopic (exact) mass is 627 g/mol. The zero-order valence-electron chi connectivity index (χ0n) is 27.1. The van der Waals surface area contributed by atoms with Crippen LogP contribution < -0.4 is 15.5 Å². The molecule has 46 heavy (non-hydrogen) atoms. The highest BCUT2D eigenvalue weighted by molar-refractivity contribution is 6.07. The Morgan fingerprint density at radius 2 is 1.74 bits per heavy atom. The average molecular weight is 628 g/mol. The summed E-state index contributed by atoms with van der Waals surface area (Å²) < 4.78 is 12.8. The third-order valence-corrected chi connectivity index (χ3v) is 7.52. The molecule has 0 bridgehead atoms. The smallest absolute Gasteiger partial charge is 0.412 e. The fourth-order valence-corrected chi connectivity index (χ4v) is 5.10. The molecule has 0 saturated heterocycles. The number of carbonyl (C=O) groups excluding carboxylic acids is 2. The molecule has 0 aliphatic carbocycles. The lowest BCUT2D eigenvalue weighted by molar-refractivity contribution is 0.0979. The fourth-order valence-electron chi connectivity index (χ4n) is 5.10. The van der Waals surface area contributed by atoms with Crippen molar-refractivity contribution in [1.29, 1.82) is 5.41 Å². The maximum Gasteiger partial charge on any atom is 0.412 e. The molecular formula is C35H45N7O4. The molecule has 3 N–H and O–H groups in total. The van der Waals surface area contributed by atoms with E-state index >= 15 is 0 Å². The second kappa shape index (κ2) is 17.6. The molecule has 0 saturated carbocycles. The van der Waals surface area contributed by atoms with E-state index in [1.807, 2.05) is 55.5 Å². The number of unbranched alkanes of at least 4 members (excludes halogenated alkanes) is 3. The van der Waals surface area contributed by atoms with Gasteiger partial charge in [0.05, 0.1) is 24.2 Å². The van der Waals surface area contributed by atoms with Crippen molar-refractivity contribution in [3.05, 3.63) is 83.8 Å². The van der Waals surface area contributed by atoms with Crippen LogP contribution in [0.1, 0.15) is 74.6 Å². The zero-order valence-corrected chi connectivity index (χ0v) is 27.1. The predicted octanol–water partition coefficient (Wildman–Crippen LogP) is 6.77. The van der Waals surface area contributed by atoms with Crippen molar-refractivity contribution in [2.24, 2.45) is 0 Å². The van der Waals surface area contributed by atoms with Crippen molar-refractivity contribution in [1.82, 2.24) is 19.9 Å². The Hall–Kier alpha value is -4.77. The molecule has 2 heterocycles. The largest absolute Gasteiger partial charge is 0.449 e. The molecule has 0 aliphatic heterocycles. The topological polar surface area (TPSA) is 134 Å². The summed E-state index contributed by atoms with van der Waals surface area (Å²) in [5, 5.41) is 14.1. The van der Waals surface area contributed by atoms with E-state index in [9.17, 15) is 9.59 Å². The Morgan fingerprint density at radius 3 is 2.46 bits per heavy atom. The van der Waals surface area contributed by atoms with Crippen molar-refractivity contribution in [3.8, 4) is 0 Å². The number of imidazole rings is 1. The molecule has 0 unspecified atom stereocenters. The second-order valence-electron chi connectivity index (χ2n) is 10.8. The standard InChI is InChI=1S/C35H45N7O4/c1-4-7-8-11-23-46-35(44)40-33(36)26-14-17-28(18-15-26)38-25-32-39-29-24-27(16-19-30(29)41(32)5-2)34(43)42(21-12-22-45-6-3)31-13-9-10-20-37-31/h9-10,13-20,24,38H,4-8,11-12,21-23,25H2,1-3H3,(H2,36,40,44). The van der Waals surface area contributed by atoms with Crippen LogP contribution in [-0.4, -0.2) is 58.7 Å². The summed E-state index contributed by atoms with van der Waals surface area (Å²) in [6.45, 7) is 9.37. The van der Waals surface area contributed by atoms with E-state index in [2.05, 4.69) is 34.0 Å². The molecule has 2 amide bonds. The quantitative estimate of drug-likeness (QED) is 0.0668. The Bertz CT molecular complexity index is 1570. The van der Waals surface area contributed by atoms with Gasteiger partial charge in [-0.1, -0.05) is 32.3 Å². The van der Waals surface area contributed by atoms with Gasteiger partial charge in [-0.15, -0.1) is 0 Å². The van der Waals surface area contributed by atoms with Crippen LogP contribution in [0, 0.1) is 5.41 Å². The summed E-state index contributed by atoms with van der Waals surface area (Å²) in [5.74, 6) is 1.28. The van der Waals surface area contributed by atoms with E-state index in [0.717, 1.165) is 54.8 Å². The molecule has 2 aromatic heterocycles. The van der Waals surface area contributed by atoms with E-state index in [-0.39, 0.29) is 11.7 Å². The van der Waals surface area contributed by atoms with Gasteiger partial charge in [0.25, 0.3) is 5.91 Å². The van der Waals surface area contributed by atoms with E-state index in [1.165, 1.54) is 0 Å². The van der Waals surface area contributed by atoms with Gasteiger partial charge in [-0.3, -0.25) is 20.4 Å². The first kappa shape index (κ1) is 34.1. The SMILES string of the molecule is CCCCCCOC(=O)NC(=N)c1ccc(NCc2nc3cc(C(=O)N(CCCOCC)c4ccccn4)ccc3n2CC)cc1. The number of hydrogen-bond acceptors (Lipinski definition) is 8.